The van der Waals surface area contributed by atoms with Gasteiger partial charge in [-0.05, 0) is 37.0 Å². The van der Waals surface area contributed by atoms with E-state index in [1.807, 2.05) is 0 Å². The second-order valence-corrected chi connectivity index (χ2v) is 8.58. The number of nitriles is 1. The van der Waals surface area contributed by atoms with E-state index in [9.17, 15) is 13.2 Å². The van der Waals surface area contributed by atoms with Crippen molar-refractivity contribution in [1.29, 1.82) is 5.26 Å². The molecule has 0 radical (unpaired) electrons. The molecule has 0 atom stereocenters. The average molecular weight is 301 g/mol. The lowest BCUT2D eigenvalue weighted by molar-refractivity contribution is -0.148. The van der Waals surface area contributed by atoms with E-state index in [2.05, 4.69) is 20.8 Å². The lowest BCUT2D eigenvalue weighted by atomic mass is 9.72. The van der Waals surface area contributed by atoms with E-state index >= 15 is 0 Å². The van der Waals surface area contributed by atoms with Crippen molar-refractivity contribution in [2.45, 2.75) is 52.6 Å². The Kier molecular flexibility index (Phi) is 5.58. The molecule has 0 aromatic carbocycles. The fraction of sp³-hybridized carbons (Fsp3) is 0.857. The topological polar surface area (TPSA) is 84.2 Å². The molecule has 1 aliphatic carbocycles. The number of rotatable bonds is 4. The van der Waals surface area contributed by atoms with E-state index in [-0.39, 0.29) is 11.5 Å². The van der Waals surface area contributed by atoms with Crippen molar-refractivity contribution in [3.63, 3.8) is 0 Å². The first kappa shape index (κ1) is 17.0. The highest BCUT2D eigenvalue weighted by atomic mass is 32.2. The Bertz CT molecular complexity index is 476. The summed E-state index contributed by atoms with van der Waals surface area (Å²) in [6.45, 7) is 6.62. The van der Waals surface area contributed by atoms with Crippen LogP contribution in [-0.2, 0) is 19.4 Å². The maximum Gasteiger partial charge on any atom is 0.321 e. The summed E-state index contributed by atoms with van der Waals surface area (Å²) in [6, 6.07) is 1.54. The van der Waals surface area contributed by atoms with Crippen molar-refractivity contribution in [3.8, 4) is 6.07 Å². The summed E-state index contributed by atoms with van der Waals surface area (Å²) in [6.07, 6.45) is 3.37. The highest BCUT2D eigenvalue weighted by Crippen LogP contribution is 2.38. The minimum Gasteiger partial charge on any atom is -0.462 e. The molecule has 0 aliphatic heterocycles. The zero-order valence-electron chi connectivity index (χ0n) is 12.4. The molecule has 0 aromatic rings. The first-order chi connectivity index (χ1) is 9.14. The van der Waals surface area contributed by atoms with Crippen LogP contribution in [0.1, 0.15) is 46.5 Å². The number of carbonyl (C=O) groups excluding carboxylic acids is 1. The molecule has 0 unspecified atom stereocenters. The number of ether oxygens (including phenoxy) is 1. The molecular formula is C14H23NO4S. The van der Waals surface area contributed by atoms with Gasteiger partial charge in [0.05, 0.1) is 6.07 Å². The van der Waals surface area contributed by atoms with Gasteiger partial charge in [0.1, 0.15) is 17.6 Å². The minimum atomic E-state index is -3.65. The summed E-state index contributed by atoms with van der Waals surface area (Å²) in [5, 5.41) is 8.36. The van der Waals surface area contributed by atoms with Crippen LogP contribution in [0.4, 0.5) is 0 Å². The van der Waals surface area contributed by atoms with Gasteiger partial charge in [-0.3, -0.25) is 4.79 Å². The Balaban J connectivity index is 2.41. The molecule has 1 fully saturated rings. The van der Waals surface area contributed by atoms with Gasteiger partial charge in [-0.25, -0.2) is 8.42 Å². The lowest BCUT2D eigenvalue weighted by Gasteiger charge is -2.36. The SMILES string of the molecule is CC(C)(C)C1CCC(OC(=O)CS(=O)(=O)CC#N)CC1. The maximum atomic E-state index is 11.6. The molecule has 5 nitrogen and oxygen atoms in total. The number of hydrogen-bond acceptors (Lipinski definition) is 5. The molecule has 114 valence electrons. The molecule has 0 amide bonds. The first-order valence-electron chi connectivity index (χ1n) is 6.91. The first-order valence-corrected chi connectivity index (χ1v) is 8.73. The van der Waals surface area contributed by atoms with Crippen LogP contribution in [0, 0.1) is 22.7 Å². The van der Waals surface area contributed by atoms with Crippen LogP contribution in [-0.4, -0.2) is 32.0 Å². The summed E-state index contributed by atoms with van der Waals surface area (Å²) in [4.78, 5) is 11.6. The van der Waals surface area contributed by atoms with Gasteiger partial charge >= 0.3 is 5.97 Å². The summed E-state index contributed by atoms with van der Waals surface area (Å²) in [7, 11) is -3.65. The fourth-order valence-corrected chi connectivity index (χ4v) is 3.32. The smallest absolute Gasteiger partial charge is 0.321 e. The number of sulfone groups is 1. The summed E-state index contributed by atoms with van der Waals surface area (Å²) >= 11 is 0. The van der Waals surface area contributed by atoms with Crippen LogP contribution in [0.3, 0.4) is 0 Å². The molecule has 0 saturated heterocycles. The van der Waals surface area contributed by atoms with Crippen molar-refractivity contribution in [1.82, 2.24) is 0 Å². The zero-order valence-corrected chi connectivity index (χ0v) is 13.2. The Morgan fingerprint density at radius 3 is 2.25 bits per heavy atom. The second-order valence-electron chi connectivity index (χ2n) is 6.52. The normalized spacial score (nSPS) is 23.9. The van der Waals surface area contributed by atoms with Crippen LogP contribution in [0.25, 0.3) is 0 Å². The Morgan fingerprint density at radius 1 is 1.25 bits per heavy atom. The largest absolute Gasteiger partial charge is 0.462 e. The fourth-order valence-electron chi connectivity index (χ4n) is 2.60. The predicted molar refractivity (Wildman–Crippen MR) is 75.6 cm³/mol. The van der Waals surface area contributed by atoms with Crippen LogP contribution in [0.5, 0.6) is 0 Å². The van der Waals surface area contributed by atoms with Crippen LogP contribution < -0.4 is 0 Å². The molecule has 6 heteroatoms. The van der Waals surface area contributed by atoms with Gasteiger partial charge in [0.15, 0.2) is 9.84 Å². The number of hydrogen-bond donors (Lipinski definition) is 0. The average Bonchev–Trinajstić information content (AvgIpc) is 2.27. The molecule has 1 saturated carbocycles. The van der Waals surface area contributed by atoms with E-state index in [0.717, 1.165) is 25.7 Å². The van der Waals surface area contributed by atoms with E-state index in [1.54, 1.807) is 6.07 Å². The van der Waals surface area contributed by atoms with Crippen LogP contribution in [0.15, 0.2) is 0 Å². The number of esters is 1. The van der Waals surface area contributed by atoms with Gasteiger partial charge in [-0.1, -0.05) is 20.8 Å². The molecule has 1 aliphatic rings. The van der Waals surface area contributed by atoms with Crippen molar-refractivity contribution in [2.24, 2.45) is 11.3 Å². The van der Waals surface area contributed by atoms with Crippen molar-refractivity contribution in [3.05, 3.63) is 0 Å². The summed E-state index contributed by atoms with van der Waals surface area (Å²) in [5.41, 5.74) is 0.255. The van der Waals surface area contributed by atoms with E-state index in [1.165, 1.54) is 0 Å². The quantitative estimate of drug-likeness (QED) is 0.742. The lowest BCUT2D eigenvalue weighted by Crippen LogP contribution is -2.32. The van der Waals surface area contributed by atoms with Gasteiger partial charge in [0, 0.05) is 0 Å². The molecule has 1 rings (SSSR count). The van der Waals surface area contributed by atoms with Crippen LogP contribution in [0.2, 0.25) is 0 Å². The Morgan fingerprint density at radius 2 is 1.80 bits per heavy atom. The van der Waals surface area contributed by atoms with Gasteiger partial charge in [-0.15, -0.1) is 0 Å². The Labute approximate surface area is 121 Å². The minimum absolute atomic E-state index is 0.182. The molecule has 0 heterocycles. The molecular weight excluding hydrogens is 278 g/mol. The van der Waals surface area contributed by atoms with Crippen molar-refractivity contribution < 1.29 is 17.9 Å². The molecule has 0 aromatic heterocycles. The predicted octanol–water partition coefficient (Wildman–Crippen LogP) is 2.07. The van der Waals surface area contributed by atoms with Crippen LogP contribution >= 0.6 is 0 Å². The molecule has 0 bridgehead atoms. The monoisotopic (exact) mass is 301 g/mol. The molecule has 20 heavy (non-hydrogen) atoms. The zero-order chi connectivity index (χ0) is 15.4. The summed E-state index contributed by atoms with van der Waals surface area (Å²) in [5.74, 6) is -1.46. The van der Waals surface area contributed by atoms with E-state index < -0.39 is 27.3 Å². The third kappa shape index (κ3) is 5.49. The van der Waals surface area contributed by atoms with Gasteiger partial charge < -0.3 is 4.74 Å². The van der Waals surface area contributed by atoms with Gasteiger partial charge in [-0.2, -0.15) is 5.26 Å². The second kappa shape index (κ2) is 6.57. The van der Waals surface area contributed by atoms with Crippen molar-refractivity contribution in [2.75, 3.05) is 11.5 Å². The van der Waals surface area contributed by atoms with Gasteiger partial charge in [0.2, 0.25) is 0 Å². The van der Waals surface area contributed by atoms with Crippen molar-refractivity contribution >= 4 is 15.8 Å². The van der Waals surface area contributed by atoms with E-state index in [4.69, 9.17) is 10.00 Å². The third-order valence-electron chi connectivity index (χ3n) is 3.82. The third-order valence-corrected chi connectivity index (χ3v) is 5.06. The Hall–Kier alpha value is -1.09. The standard InChI is InChI=1S/C14H23NO4S/c1-14(2,3)11-4-6-12(7-5-11)19-13(16)10-20(17,18)9-8-15/h11-12H,4-7,9-10H2,1-3H3. The van der Waals surface area contributed by atoms with E-state index in [0.29, 0.717) is 5.92 Å². The number of nitrogens with zero attached hydrogens (tertiary/aromatic N) is 1. The number of carbonyl (C=O) groups is 1. The van der Waals surface area contributed by atoms with Gasteiger partial charge in [0.25, 0.3) is 0 Å². The molecule has 0 N–H and O–H groups in total. The highest BCUT2D eigenvalue weighted by molar-refractivity contribution is 7.92. The highest BCUT2D eigenvalue weighted by Gasteiger charge is 2.31. The summed E-state index contributed by atoms with van der Waals surface area (Å²) < 4.78 is 27.9. The maximum absolute atomic E-state index is 11.6. The molecule has 0 spiro atoms.